The molecular formula is C18H13ClF2N2O. The van der Waals surface area contributed by atoms with E-state index in [-0.39, 0.29) is 22.1 Å². The highest BCUT2D eigenvalue weighted by Crippen LogP contribution is 2.35. The van der Waals surface area contributed by atoms with E-state index < -0.39 is 17.7 Å². The molecule has 0 N–H and O–H groups in total. The molecule has 1 saturated heterocycles. The number of nitriles is 1. The summed E-state index contributed by atoms with van der Waals surface area (Å²) < 4.78 is 27.6. The number of rotatable bonds is 2. The van der Waals surface area contributed by atoms with Crippen molar-refractivity contribution >= 4 is 17.5 Å². The first-order valence-corrected chi connectivity index (χ1v) is 7.84. The molecular weight excluding hydrogens is 334 g/mol. The van der Waals surface area contributed by atoms with Crippen molar-refractivity contribution in [1.29, 1.82) is 5.26 Å². The van der Waals surface area contributed by atoms with Gasteiger partial charge in [-0.05, 0) is 49.2 Å². The van der Waals surface area contributed by atoms with Crippen LogP contribution in [0, 0.1) is 23.0 Å². The van der Waals surface area contributed by atoms with Crippen molar-refractivity contribution in [2.75, 3.05) is 6.54 Å². The monoisotopic (exact) mass is 346 g/mol. The predicted molar refractivity (Wildman–Crippen MR) is 85.5 cm³/mol. The second-order valence-electron chi connectivity index (χ2n) is 5.63. The minimum atomic E-state index is -0.546. The molecule has 2 aromatic rings. The molecule has 0 bridgehead atoms. The van der Waals surface area contributed by atoms with Crippen molar-refractivity contribution in [2.24, 2.45) is 0 Å². The van der Waals surface area contributed by atoms with Crippen LogP contribution in [0.2, 0.25) is 5.02 Å². The molecule has 0 spiro atoms. The summed E-state index contributed by atoms with van der Waals surface area (Å²) in [5.41, 5.74) is 0.670. The topological polar surface area (TPSA) is 44.1 Å². The zero-order valence-electron chi connectivity index (χ0n) is 12.6. The SMILES string of the molecule is N#Cc1ccc(Cl)c(C(=O)N2CCCC2c2cc(F)ccc2F)c1. The Hall–Kier alpha value is -2.45. The average molecular weight is 347 g/mol. The summed E-state index contributed by atoms with van der Waals surface area (Å²) in [5, 5.41) is 9.21. The third kappa shape index (κ3) is 2.98. The van der Waals surface area contributed by atoms with Gasteiger partial charge in [-0.1, -0.05) is 11.6 Å². The van der Waals surface area contributed by atoms with E-state index in [9.17, 15) is 13.6 Å². The van der Waals surface area contributed by atoms with Crippen LogP contribution >= 0.6 is 11.6 Å². The molecule has 2 aromatic carbocycles. The maximum Gasteiger partial charge on any atom is 0.255 e. The third-order valence-corrected chi connectivity index (χ3v) is 4.49. The Morgan fingerprint density at radius 1 is 1.25 bits per heavy atom. The lowest BCUT2D eigenvalue weighted by Crippen LogP contribution is -2.31. The van der Waals surface area contributed by atoms with Gasteiger partial charge >= 0.3 is 0 Å². The van der Waals surface area contributed by atoms with E-state index in [0.717, 1.165) is 18.2 Å². The maximum atomic E-state index is 14.1. The standard InChI is InChI=1S/C18H13ClF2N2O/c19-15-5-3-11(10-22)8-13(15)18(24)23-7-1-2-17(23)14-9-12(20)4-6-16(14)21/h3-6,8-9,17H,1-2,7H2. The van der Waals surface area contributed by atoms with Gasteiger partial charge in [0, 0.05) is 12.1 Å². The van der Waals surface area contributed by atoms with Gasteiger partial charge in [0.1, 0.15) is 11.6 Å². The summed E-state index contributed by atoms with van der Waals surface area (Å²) in [5.74, 6) is -1.48. The number of nitrogens with zero attached hydrogens (tertiary/aromatic N) is 2. The molecule has 0 aliphatic carbocycles. The molecule has 1 aliphatic rings. The van der Waals surface area contributed by atoms with Crippen molar-refractivity contribution in [1.82, 2.24) is 4.90 Å². The van der Waals surface area contributed by atoms with Crippen LogP contribution in [0.5, 0.6) is 0 Å². The minimum Gasteiger partial charge on any atom is -0.331 e. The lowest BCUT2D eigenvalue weighted by Gasteiger charge is -2.26. The van der Waals surface area contributed by atoms with Crippen LogP contribution in [-0.4, -0.2) is 17.4 Å². The van der Waals surface area contributed by atoms with Crippen LogP contribution in [0.15, 0.2) is 36.4 Å². The molecule has 0 aromatic heterocycles. The molecule has 3 nitrogen and oxygen atoms in total. The molecule has 122 valence electrons. The van der Waals surface area contributed by atoms with Crippen molar-refractivity contribution in [3.05, 3.63) is 69.7 Å². The summed E-state index contributed by atoms with van der Waals surface area (Å²) >= 11 is 6.09. The fraction of sp³-hybridized carbons (Fsp3) is 0.222. The van der Waals surface area contributed by atoms with Crippen LogP contribution in [0.3, 0.4) is 0 Å². The van der Waals surface area contributed by atoms with Crippen molar-refractivity contribution in [3.8, 4) is 6.07 Å². The second kappa shape index (κ2) is 6.58. The van der Waals surface area contributed by atoms with Crippen LogP contribution < -0.4 is 0 Å². The molecule has 0 radical (unpaired) electrons. The predicted octanol–water partition coefficient (Wildman–Crippen LogP) is 4.47. The summed E-state index contributed by atoms with van der Waals surface area (Å²) in [7, 11) is 0. The Morgan fingerprint density at radius 3 is 2.79 bits per heavy atom. The number of amides is 1. The first kappa shape index (κ1) is 16.4. The first-order chi connectivity index (χ1) is 11.5. The van der Waals surface area contributed by atoms with Gasteiger partial charge in [-0.15, -0.1) is 0 Å². The zero-order chi connectivity index (χ0) is 17.3. The highest BCUT2D eigenvalue weighted by molar-refractivity contribution is 6.33. The summed E-state index contributed by atoms with van der Waals surface area (Å²) in [6, 6.07) is 9.08. The number of benzene rings is 2. The smallest absolute Gasteiger partial charge is 0.255 e. The molecule has 6 heteroatoms. The molecule has 1 fully saturated rings. The Balaban J connectivity index is 1.98. The first-order valence-electron chi connectivity index (χ1n) is 7.47. The van der Waals surface area contributed by atoms with Gasteiger partial charge in [-0.2, -0.15) is 5.26 Å². The Labute approximate surface area is 143 Å². The number of carbonyl (C=O) groups excluding carboxylic acids is 1. The summed E-state index contributed by atoms with van der Waals surface area (Å²) in [6.07, 6.45) is 1.23. The van der Waals surface area contributed by atoms with Crippen LogP contribution in [0.25, 0.3) is 0 Å². The second-order valence-corrected chi connectivity index (χ2v) is 6.04. The van der Waals surface area contributed by atoms with E-state index >= 15 is 0 Å². The Kier molecular flexibility index (Phi) is 4.50. The van der Waals surface area contributed by atoms with Crippen molar-refractivity contribution in [2.45, 2.75) is 18.9 Å². The van der Waals surface area contributed by atoms with Crippen LogP contribution in [-0.2, 0) is 0 Å². The number of hydrogen-bond acceptors (Lipinski definition) is 2. The van der Waals surface area contributed by atoms with E-state index in [1.807, 2.05) is 6.07 Å². The third-order valence-electron chi connectivity index (χ3n) is 4.16. The number of likely N-dealkylation sites (tertiary alicyclic amines) is 1. The summed E-state index contributed by atoms with van der Waals surface area (Å²) in [6.45, 7) is 0.423. The fourth-order valence-electron chi connectivity index (χ4n) is 3.02. The van der Waals surface area contributed by atoms with E-state index in [4.69, 9.17) is 16.9 Å². The van der Waals surface area contributed by atoms with Gasteiger partial charge in [0.25, 0.3) is 5.91 Å². The van der Waals surface area contributed by atoms with Crippen molar-refractivity contribution in [3.63, 3.8) is 0 Å². The fourth-order valence-corrected chi connectivity index (χ4v) is 3.21. The van der Waals surface area contributed by atoms with Gasteiger partial charge in [0.15, 0.2) is 0 Å². The minimum absolute atomic E-state index is 0.161. The Bertz CT molecular complexity index is 847. The normalized spacial score (nSPS) is 16.9. The van der Waals surface area contributed by atoms with Gasteiger partial charge in [0.2, 0.25) is 0 Å². The van der Waals surface area contributed by atoms with Crippen LogP contribution in [0.1, 0.15) is 40.4 Å². The lowest BCUT2D eigenvalue weighted by molar-refractivity contribution is 0.0733. The van der Waals surface area contributed by atoms with E-state index in [2.05, 4.69) is 0 Å². The molecule has 0 saturated carbocycles. The van der Waals surface area contributed by atoms with Gasteiger partial charge in [0.05, 0.1) is 28.3 Å². The maximum absolute atomic E-state index is 14.1. The molecule has 1 unspecified atom stereocenters. The lowest BCUT2D eigenvalue weighted by atomic mass is 10.0. The number of hydrogen-bond donors (Lipinski definition) is 0. The zero-order valence-corrected chi connectivity index (χ0v) is 13.4. The quantitative estimate of drug-likeness (QED) is 0.805. The molecule has 24 heavy (non-hydrogen) atoms. The highest BCUT2D eigenvalue weighted by atomic mass is 35.5. The van der Waals surface area contributed by atoms with E-state index in [1.165, 1.54) is 23.1 Å². The number of halogens is 3. The highest BCUT2D eigenvalue weighted by Gasteiger charge is 2.33. The molecule has 3 rings (SSSR count). The van der Waals surface area contributed by atoms with Crippen LogP contribution in [0.4, 0.5) is 8.78 Å². The van der Waals surface area contributed by atoms with Crippen molar-refractivity contribution < 1.29 is 13.6 Å². The van der Waals surface area contributed by atoms with E-state index in [1.54, 1.807) is 0 Å². The Morgan fingerprint density at radius 2 is 2.04 bits per heavy atom. The molecule has 1 heterocycles. The average Bonchev–Trinajstić information content (AvgIpc) is 3.06. The van der Waals surface area contributed by atoms with Gasteiger partial charge in [-0.3, -0.25) is 4.79 Å². The van der Waals surface area contributed by atoms with Gasteiger partial charge in [-0.25, -0.2) is 8.78 Å². The largest absolute Gasteiger partial charge is 0.331 e. The number of carbonyl (C=O) groups is 1. The van der Waals surface area contributed by atoms with E-state index in [0.29, 0.717) is 24.9 Å². The molecule has 1 aliphatic heterocycles. The molecule has 1 amide bonds. The molecule has 1 atom stereocenters. The summed E-state index contributed by atoms with van der Waals surface area (Å²) in [4.78, 5) is 14.3. The van der Waals surface area contributed by atoms with Gasteiger partial charge < -0.3 is 4.90 Å².